The van der Waals surface area contributed by atoms with Crippen molar-refractivity contribution in [1.82, 2.24) is 10.3 Å². The first-order valence-corrected chi connectivity index (χ1v) is 6.86. The maximum atomic E-state index is 6.27. The fourth-order valence-electron chi connectivity index (χ4n) is 1.56. The van der Waals surface area contributed by atoms with Gasteiger partial charge in [-0.25, -0.2) is 4.98 Å². The van der Waals surface area contributed by atoms with E-state index >= 15 is 0 Å². The normalized spacial score (nSPS) is 12.7. The van der Waals surface area contributed by atoms with Gasteiger partial charge in [0.15, 0.2) is 0 Å². The van der Waals surface area contributed by atoms with Crippen molar-refractivity contribution < 1.29 is 4.42 Å². The smallest absolute Gasteiger partial charge is 0.260 e. The molecule has 0 fully saturated rings. The largest absolute Gasteiger partial charge is 0.439 e. The van der Waals surface area contributed by atoms with E-state index in [4.69, 9.17) is 16.0 Å². The molecule has 2 rings (SSSR count). The van der Waals surface area contributed by atoms with Gasteiger partial charge in [-0.3, -0.25) is 0 Å². The number of hydrogen-bond donors (Lipinski definition) is 1. The quantitative estimate of drug-likeness (QED) is 0.917. The number of oxazole rings is 1. The molecule has 0 aliphatic heterocycles. The van der Waals surface area contributed by atoms with Crippen molar-refractivity contribution in [3.05, 3.63) is 40.7 Å². The van der Waals surface area contributed by atoms with E-state index in [2.05, 4.69) is 17.2 Å². The molecule has 0 saturated carbocycles. The van der Waals surface area contributed by atoms with Crippen LogP contribution in [0.15, 0.2) is 39.0 Å². The second kappa shape index (κ2) is 5.78. The molecule has 1 heterocycles. The molecule has 0 aliphatic carbocycles. The monoisotopic (exact) mass is 282 g/mol. The summed E-state index contributed by atoms with van der Waals surface area (Å²) in [5.74, 6) is 0. The van der Waals surface area contributed by atoms with Gasteiger partial charge in [0.25, 0.3) is 5.22 Å². The third kappa shape index (κ3) is 3.07. The standard InChI is InChI=1S/C13H15ClN2OS/c1-8-7-17-13(16-8)18-10-4-5-11(9(2)15-3)12(14)6-10/h4-7,9,15H,1-3H3. The first kappa shape index (κ1) is 13.5. The van der Waals surface area contributed by atoms with Crippen LogP contribution in [0.3, 0.4) is 0 Å². The zero-order valence-corrected chi connectivity index (χ0v) is 12.1. The average Bonchev–Trinajstić information content (AvgIpc) is 2.74. The topological polar surface area (TPSA) is 38.1 Å². The Bertz CT molecular complexity index is 542. The van der Waals surface area contributed by atoms with Crippen LogP contribution in [-0.4, -0.2) is 12.0 Å². The van der Waals surface area contributed by atoms with Crippen molar-refractivity contribution in [2.75, 3.05) is 7.05 Å². The van der Waals surface area contributed by atoms with Crippen molar-refractivity contribution >= 4 is 23.4 Å². The number of benzene rings is 1. The van der Waals surface area contributed by atoms with Crippen molar-refractivity contribution in [3.8, 4) is 0 Å². The first-order valence-electron chi connectivity index (χ1n) is 5.67. The summed E-state index contributed by atoms with van der Waals surface area (Å²) in [7, 11) is 1.92. The number of aromatic nitrogens is 1. The molecule has 0 bridgehead atoms. The number of rotatable bonds is 4. The van der Waals surface area contributed by atoms with Crippen LogP contribution < -0.4 is 5.32 Å². The predicted molar refractivity (Wildman–Crippen MR) is 74.3 cm³/mol. The van der Waals surface area contributed by atoms with Crippen LogP contribution >= 0.6 is 23.4 Å². The Labute approximate surface area is 116 Å². The van der Waals surface area contributed by atoms with Gasteiger partial charge in [0.1, 0.15) is 6.26 Å². The highest BCUT2D eigenvalue weighted by atomic mass is 35.5. The van der Waals surface area contributed by atoms with Gasteiger partial charge in [0.2, 0.25) is 0 Å². The van der Waals surface area contributed by atoms with Crippen LogP contribution in [-0.2, 0) is 0 Å². The summed E-state index contributed by atoms with van der Waals surface area (Å²) >= 11 is 7.74. The van der Waals surface area contributed by atoms with Crippen molar-refractivity contribution in [3.63, 3.8) is 0 Å². The Morgan fingerprint density at radius 2 is 2.22 bits per heavy atom. The molecule has 1 N–H and O–H groups in total. The van der Waals surface area contributed by atoms with Gasteiger partial charge in [0, 0.05) is 16.0 Å². The van der Waals surface area contributed by atoms with Gasteiger partial charge in [-0.05, 0) is 50.4 Å². The fourth-order valence-corrected chi connectivity index (χ4v) is 2.77. The highest BCUT2D eigenvalue weighted by Gasteiger charge is 2.10. The zero-order valence-electron chi connectivity index (χ0n) is 10.5. The molecule has 1 unspecified atom stereocenters. The van der Waals surface area contributed by atoms with Gasteiger partial charge in [-0.15, -0.1) is 0 Å². The minimum Gasteiger partial charge on any atom is -0.439 e. The Balaban J connectivity index is 2.18. The number of aryl methyl sites for hydroxylation is 1. The molecule has 1 aromatic heterocycles. The van der Waals surface area contributed by atoms with Gasteiger partial charge in [-0.2, -0.15) is 0 Å². The lowest BCUT2D eigenvalue weighted by Gasteiger charge is -2.13. The van der Waals surface area contributed by atoms with E-state index in [9.17, 15) is 0 Å². The number of nitrogens with one attached hydrogen (secondary N) is 1. The van der Waals surface area contributed by atoms with Gasteiger partial charge < -0.3 is 9.73 Å². The lowest BCUT2D eigenvalue weighted by atomic mass is 10.1. The minimum atomic E-state index is 0.237. The second-order valence-corrected chi connectivity index (χ2v) is 5.48. The minimum absolute atomic E-state index is 0.237. The highest BCUT2D eigenvalue weighted by molar-refractivity contribution is 7.99. The molecule has 1 atom stereocenters. The summed E-state index contributed by atoms with van der Waals surface area (Å²) < 4.78 is 5.30. The first-order chi connectivity index (χ1) is 8.60. The molecule has 5 heteroatoms. The van der Waals surface area contributed by atoms with Crippen LogP contribution in [0.4, 0.5) is 0 Å². The third-order valence-corrected chi connectivity index (χ3v) is 3.85. The molecule has 0 amide bonds. The van der Waals surface area contributed by atoms with Gasteiger partial charge in [-0.1, -0.05) is 17.7 Å². The predicted octanol–water partition coefficient (Wildman–Crippen LogP) is 4.07. The van der Waals surface area contributed by atoms with E-state index in [1.807, 2.05) is 32.2 Å². The SMILES string of the molecule is CNC(C)c1ccc(Sc2nc(C)co2)cc1Cl. The molecule has 96 valence electrons. The molecular formula is C13H15ClN2OS. The summed E-state index contributed by atoms with van der Waals surface area (Å²) in [5, 5.41) is 4.56. The van der Waals surface area contributed by atoms with Gasteiger partial charge >= 0.3 is 0 Å². The average molecular weight is 283 g/mol. The summed E-state index contributed by atoms with van der Waals surface area (Å²) in [5.41, 5.74) is 1.97. The lowest BCUT2D eigenvalue weighted by molar-refractivity contribution is 0.454. The van der Waals surface area contributed by atoms with Crippen molar-refractivity contribution in [2.24, 2.45) is 0 Å². The van der Waals surface area contributed by atoms with Crippen LogP contribution in [0.5, 0.6) is 0 Å². The lowest BCUT2D eigenvalue weighted by Crippen LogP contribution is -2.12. The van der Waals surface area contributed by atoms with E-state index in [-0.39, 0.29) is 6.04 Å². The number of hydrogen-bond acceptors (Lipinski definition) is 4. The molecule has 2 aromatic rings. The Kier molecular flexibility index (Phi) is 4.32. The maximum Gasteiger partial charge on any atom is 0.260 e. The Hall–Kier alpha value is -0.970. The summed E-state index contributed by atoms with van der Waals surface area (Å²) in [4.78, 5) is 5.27. The number of halogens is 1. The molecule has 0 radical (unpaired) electrons. The second-order valence-electron chi connectivity index (χ2n) is 4.05. The highest BCUT2D eigenvalue weighted by Crippen LogP contribution is 2.32. The molecular weight excluding hydrogens is 268 g/mol. The molecule has 0 saturated heterocycles. The van der Waals surface area contributed by atoms with E-state index in [1.165, 1.54) is 11.8 Å². The third-order valence-electron chi connectivity index (χ3n) is 2.67. The van der Waals surface area contributed by atoms with Gasteiger partial charge in [0.05, 0.1) is 5.69 Å². The Morgan fingerprint density at radius 3 is 2.78 bits per heavy atom. The van der Waals surface area contributed by atoms with Crippen LogP contribution in [0.1, 0.15) is 24.2 Å². The van der Waals surface area contributed by atoms with E-state index in [0.29, 0.717) is 5.22 Å². The van der Waals surface area contributed by atoms with E-state index in [0.717, 1.165) is 21.2 Å². The fraction of sp³-hybridized carbons (Fsp3) is 0.308. The molecule has 0 spiro atoms. The molecule has 1 aromatic carbocycles. The summed E-state index contributed by atoms with van der Waals surface area (Å²) in [6.45, 7) is 3.98. The number of nitrogens with zero attached hydrogens (tertiary/aromatic N) is 1. The van der Waals surface area contributed by atoms with Crippen molar-refractivity contribution in [2.45, 2.75) is 30.0 Å². The van der Waals surface area contributed by atoms with Crippen LogP contribution in [0.2, 0.25) is 5.02 Å². The summed E-state index contributed by atoms with van der Waals surface area (Å²) in [6, 6.07) is 6.23. The van der Waals surface area contributed by atoms with E-state index < -0.39 is 0 Å². The molecule has 0 aliphatic rings. The maximum absolute atomic E-state index is 6.27. The van der Waals surface area contributed by atoms with Crippen LogP contribution in [0.25, 0.3) is 0 Å². The molecule has 18 heavy (non-hydrogen) atoms. The van der Waals surface area contributed by atoms with E-state index in [1.54, 1.807) is 6.26 Å². The Morgan fingerprint density at radius 1 is 1.44 bits per heavy atom. The van der Waals surface area contributed by atoms with Crippen LogP contribution in [0, 0.1) is 6.92 Å². The summed E-state index contributed by atoms with van der Waals surface area (Å²) in [6.07, 6.45) is 1.64. The molecule has 3 nitrogen and oxygen atoms in total. The van der Waals surface area contributed by atoms with Crippen molar-refractivity contribution in [1.29, 1.82) is 0 Å². The zero-order chi connectivity index (χ0) is 13.1.